The van der Waals surface area contributed by atoms with Crippen LogP contribution in [0.4, 0.5) is 0 Å². The Hall–Kier alpha value is -0.860. The van der Waals surface area contributed by atoms with Gasteiger partial charge in [-0.3, -0.25) is 0 Å². The average Bonchev–Trinajstić information content (AvgIpc) is 2.33. The van der Waals surface area contributed by atoms with Crippen LogP contribution in [-0.2, 0) is 0 Å². The van der Waals surface area contributed by atoms with Crippen LogP contribution in [-0.4, -0.2) is 10.3 Å². The number of nitrogens with zero attached hydrogens (tertiary/aromatic N) is 1. The van der Waals surface area contributed by atoms with Crippen LogP contribution in [0.3, 0.4) is 0 Å². The maximum atomic E-state index is 6.05. The predicted molar refractivity (Wildman–Crippen MR) is 74.2 cm³/mol. The van der Waals surface area contributed by atoms with E-state index in [9.17, 15) is 0 Å². The van der Waals surface area contributed by atoms with E-state index in [0.717, 1.165) is 28.1 Å². The molecule has 0 aliphatic rings. The molecule has 0 atom stereocenters. The Kier molecular flexibility index (Phi) is 3.97. The summed E-state index contributed by atoms with van der Waals surface area (Å²) in [7, 11) is 0. The van der Waals surface area contributed by atoms with Gasteiger partial charge >= 0.3 is 0 Å². The number of hydrogen-bond donors (Lipinski definition) is 0. The van der Waals surface area contributed by atoms with Gasteiger partial charge in [-0.05, 0) is 11.8 Å². The molecule has 0 saturated carbocycles. The summed E-state index contributed by atoms with van der Waals surface area (Å²) in [5.41, 5.74) is 1.11. The van der Waals surface area contributed by atoms with E-state index in [2.05, 4.69) is 39.1 Å². The van der Waals surface area contributed by atoms with Crippen LogP contribution in [0.25, 0.3) is 16.8 Å². The van der Waals surface area contributed by atoms with Gasteiger partial charge in [-0.25, -0.2) is 4.98 Å². The first-order valence-electron chi connectivity index (χ1n) is 5.08. The lowest BCUT2D eigenvalue weighted by molar-refractivity contribution is 1.27. The fraction of sp³-hybridized carbons (Fsp3) is 0.154. The predicted octanol–water partition coefficient (Wildman–Crippen LogP) is 4.69. The highest BCUT2D eigenvalue weighted by atomic mass is 79.9. The van der Waals surface area contributed by atoms with Crippen LogP contribution in [0, 0.1) is 0 Å². The van der Waals surface area contributed by atoms with Gasteiger partial charge in [0.05, 0.1) is 0 Å². The Morgan fingerprint density at radius 3 is 2.75 bits per heavy atom. The summed E-state index contributed by atoms with van der Waals surface area (Å²) < 4.78 is 0. The van der Waals surface area contributed by atoms with Gasteiger partial charge in [0.2, 0.25) is 0 Å². The third-order valence-electron chi connectivity index (χ3n) is 2.35. The lowest BCUT2D eigenvalue weighted by Crippen LogP contribution is -1.83. The zero-order valence-corrected chi connectivity index (χ0v) is 11.0. The van der Waals surface area contributed by atoms with Crippen molar-refractivity contribution in [2.45, 2.75) is 6.42 Å². The van der Waals surface area contributed by atoms with E-state index in [4.69, 9.17) is 11.6 Å². The summed E-state index contributed by atoms with van der Waals surface area (Å²) in [6.07, 6.45) is 7.05. The van der Waals surface area contributed by atoms with Crippen LogP contribution in [0.5, 0.6) is 0 Å². The second-order valence-corrected chi connectivity index (χ2v) is 4.58. The molecule has 1 heterocycles. The van der Waals surface area contributed by atoms with Gasteiger partial charge in [0.1, 0.15) is 5.15 Å². The minimum absolute atomic E-state index is 0.563. The second kappa shape index (κ2) is 5.46. The Morgan fingerprint density at radius 1 is 1.25 bits per heavy atom. The first-order chi connectivity index (χ1) is 7.83. The molecule has 3 heteroatoms. The van der Waals surface area contributed by atoms with Crippen molar-refractivity contribution in [3.05, 3.63) is 47.3 Å². The standard InChI is InChI=1S/C13H11BrClN/c14-8-4-3-5-10-9-16-13(15)12-7-2-1-6-11(10)12/h1-3,5-7,9H,4,8H2. The van der Waals surface area contributed by atoms with E-state index in [0.29, 0.717) is 5.15 Å². The Morgan fingerprint density at radius 2 is 2.00 bits per heavy atom. The van der Waals surface area contributed by atoms with E-state index in [-0.39, 0.29) is 0 Å². The maximum absolute atomic E-state index is 6.05. The Labute approximate surface area is 108 Å². The molecule has 0 bridgehead atoms. The molecule has 0 unspecified atom stereocenters. The molecule has 1 aromatic carbocycles. The van der Waals surface area contributed by atoms with Gasteiger partial charge in [-0.1, -0.05) is 63.9 Å². The Bertz CT molecular complexity index is 522. The van der Waals surface area contributed by atoms with E-state index in [1.807, 2.05) is 24.4 Å². The number of pyridine rings is 1. The van der Waals surface area contributed by atoms with Gasteiger partial charge in [0.25, 0.3) is 0 Å². The first kappa shape index (κ1) is 11.6. The zero-order valence-electron chi connectivity index (χ0n) is 8.66. The van der Waals surface area contributed by atoms with Gasteiger partial charge < -0.3 is 0 Å². The monoisotopic (exact) mass is 295 g/mol. The average molecular weight is 297 g/mol. The molecular weight excluding hydrogens is 286 g/mol. The molecule has 1 aromatic heterocycles. The van der Waals surface area contributed by atoms with Crippen LogP contribution >= 0.6 is 27.5 Å². The zero-order chi connectivity index (χ0) is 11.4. The van der Waals surface area contributed by atoms with Gasteiger partial charge in [-0.15, -0.1) is 0 Å². The molecule has 0 aliphatic carbocycles. The fourth-order valence-corrected chi connectivity index (χ4v) is 2.06. The smallest absolute Gasteiger partial charge is 0.136 e. The molecule has 0 saturated heterocycles. The van der Waals surface area contributed by atoms with Crippen molar-refractivity contribution in [3.8, 4) is 0 Å². The molecule has 0 amide bonds. The van der Waals surface area contributed by atoms with Crippen LogP contribution in [0.1, 0.15) is 12.0 Å². The normalized spacial score (nSPS) is 11.4. The number of fused-ring (bicyclic) bond motifs is 1. The van der Waals surface area contributed by atoms with Gasteiger partial charge in [0, 0.05) is 22.5 Å². The maximum Gasteiger partial charge on any atom is 0.136 e. The molecule has 0 radical (unpaired) electrons. The largest absolute Gasteiger partial charge is 0.243 e. The van der Waals surface area contributed by atoms with Crippen molar-refractivity contribution in [2.75, 3.05) is 5.33 Å². The molecule has 0 aliphatic heterocycles. The molecule has 0 spiro atoms. The SMILES string of the molecule is Clc1ncc(C=CCCBr)c2ccccc12. The fourth-order valence-electron chi connectivity index (χ4n) is 1.59. The number of halogens is 2. The van der Waals surface area contributed by atoms with Crippen molar-refractivity contribution in [1.82, 2.24) is 4.98 Å². The lowest BCUT2D eigenvalue weighted by atomic mass is 10.1. The molecule has 82 valence electrons. The molecule has 0 fully saturated rings. The van der Waals surface area contributed by atoms with Crippen molar-refractivity contribution < 1.29 is 0 Å². The van der Waals surface area contributed by atoms with Crippen molar-refractivity contribution in [1.29, 1.82) is 0 Å². The van der Waals surface area contributed by atoms with E-state index < -0.39 is 0 Å². The van der Waals surface area contributed by atoms with Gasteiger partial charge in [-0.2, -0.15) is 0 Å². The van der Waals surface area contributed by atoms with Gasteiger partial charge in [0.15, 0.2) is 0 Å². The van der Waals surface area contributed by atoms with Crippen molar-refractivity contribution in [3.63, 3.8) is 0 Å². The minimum atomic E-state index is 0.563. The third kappa shape index (κ3) is 2.45. The number of alkyl halides is 1. The molecule has 2 rings (SSSR count). The highest BCUT2D eigenvalue weighted by Crippen LogP contribution is 2.24. The van der Waals surface area contributed by atoms with E-state index in [1.54, 1.807) is 0 Å². The third-order valence-corrected chi connectivity index (χ3v) is 3.11. The molecule has 16 heavy (non-hydrogen) atoms. The Balaban J connectivity index is 2.50. The minimum Gasteiger partial charge on any atom is -0.243 e. The summed E-state index contributed by atoms with van der Waals surface area (Å²) in [6, 6.07) is 8.05. The molecular formula is C13H11BrClN. The summed E-state index contributed by atoms with van der Waals surface area (Å²) in [5.74, 6) is 0. The van der Waals surface area contributed by atoms with Crippen LogP contribution < -0.4 is 0 Å². The number of aromatic nitrogens is 1. The second-order valence-electron chi connectivity index (χ2n) is 3.43. The molecule has 2 aromatic rings. The topological polar surface area (TPSA) is 12.9 Å². The highest BCUT2D eigenvalue weighted by molar-refractivity contribution is 9.09. The van der Waals surface area contributed by atoms with Crippen LogP contribution in [0.2, 0.25) is 5.15 Å². The summed E-state index contributed by atoms with van der Waals surface area (Å²) >= 11 is 9.44. The summed E-state index contributed by atoms with van der Waals surface area (Å²) in [6.45, 7) is 0. The highest BCUT2D eigenvalue weighted by Gasteiger charge is 2.02. The molecule has 0 N–H and O–H groups in total. The van der Waals surface area contributed by atoms with Crippen molar-refractivity contribution >= 4 is 44.4 Å². The number of hydrogen-bond acceptors (Lipinski definition) is 1. The quantitative estimate of drug-likeness (QED) is 0.591. The summed E-state index contributed by atoms with van der Waals surface area (Å²) in [4.78, 5) is 4.19. The van der Waals surface area contributed by atoms with Crippen molar-refractivity contribution in [2.24, 2.45) is 0 Å². The summed E-state index contributed by atoms with van der Waals surface area (Å²) in [5, 5.41) is 3.69. The number of rotatable bonds is 3. The van der Waals surface area contributed by atoms with E-state index in [1.165, 1.54) is 0 Å². The number of allylic oxidation sites excluding steroid dienone is 1. The first-order valence-corrected chi connectivity index (χ1v) is 6.58. The lowest BCUT2D eigenvalue weighted by Gasteiger charge is -2.03. The van der Waals surface area contributed by atoms with Crippen LogP contribution in [0.15, 0.2) is 36.5 Å². The number of benzene rings is 1. The molecule has 1 nitrogen and oxygen atoms in total. The van der Waals surface area contributed by atoms with E-state index >= 15 is 0 Å².